The molecule has 1 aromatic carbocycles. The van der Waals surface area contributed by atoms with Gasteiger partial charge in [0, 0.05) is 5.56 Å². The number of ether oxygens (including phenoxy) is 2. The Morgan fingerprint density at radius 3 is 2.80 bits per heavy atom. The van der Waals surface area contributed by atoms with Crippen LogP contribution in [-0.4, -0.2) is 30.6 Å². The number of rotatable bonds is 4. The van der Waals surface area contributed by atoms with E-state index in [-0.39, 0.29) is 24.2 Å². The zero-order chi connectivity index (χ0) is 18.0. The maximum absolute atomic E-state index is 12.6. The van der Waals surface area contributed by atoms with Gasteiger partial charge in [-0.05, 0) is 43.2 Å². The highest BCUT2D eigenvalue weighted by atomic mass is 16.5. The number of carbonyl (C=O) groups excluding carboxylic acids is 2. The number of benzene rings is 1. The Morgan fingerprint density at radius 2 is 2.04 bits per heavy atom. The van der Waals surface area contributed by atoms with Crippen molar-refractivity contribution in [3.05, 3.63) is 52.7 Å². The lowest BCUT2D eigenvalue weighted by atomic mass is 9.96. The Labute approximate surface area is 146 Å². The number of carbonyl (C=O) groups is 2. The fraction of sp³-hybridized carbons (Fsp3) is 0.316. The summed E-state index contributed by atoms with van der Waals surface area (Å²) in [7, 11) is 1.33. The zero-order valence-corrected chi connectivity index (χ0v) is 14.5. The van der Waals surface area contributed by atoms with E-state index in [1.807, 2.05) is 26.0 Å². The summed E-state index contributed by atoms with van der Waals surface area (Å²) in [6.45, 7) is 4.34. The number of pyridine rings is 1. The topological polar surface area (TPSA) is 77.5 Å². The van der Waals surface area contributed by atoms with Gasteiger partial charge in [-0.25, -0.2) is 4.98 Å². The number of aromatic nitrogens is 1. The minimum atomic E-state index is -0.375. The standard InChI is InChI=1S/C19H20N2O4/c1-11-7-14-15(10-25-16(14)8-12(11)2)19(23)21-17-6-4-5-13(20-17)9-18(22)24-3/h4-8,15H,9-10H2,1-3H3,(H,20,21,23)/t15-/m1/s1. The summed E-state index contributed by atoms with van der Waals surface area (Å²) in [6, 6.07) is 9.12. The molecule has 0 saturated heterocycles. The first-order valence-electron chi connectivity index (χ1n) is 8.05. The Bertz CT molecular complexity index is 832. The maximum Gasteiger partial charge on any atom is 0.311 e. The average Bonchev–Trinajstić information content (AvgIpc) is 2.98. The van der Waals surface area contributed by atoms with Crippen LogP contribution in [0.25, 0.3) is 0 Å². The highest BCUT2D eigenvalue weighted by Crippen LogP contribution is 2.36. The van der Waals surface area contributed by atoms with Gasteiger partial charge in [0.05, 0.1) is 19.2 Å². The van der Waals surface area contributed by atoms with Crippen molar-refractivity contribution in [1.82, 2.24) is 4.98 Å². The van der Waals surface area contributed by atoms with E-state index in [0.29, 0.717) is 18.1 Å². The number of methoxy groups -OCH3 is 1. The fourth-order valence-electron chi connectivity index (χ4n) is 2.77. The number of esters is 1. The predicted octanol–water partition coefficient (Wildman–Crippen LogP) is 2.53. The molecule has 0 spiro atoms. The molecule has 130 valence electrons. The molecular weight excluding hydrogens is 320 g/mol. The highest BCUT2D eigenvalue weighted by Gasteiger charge is 2.31. The number of aryl methyl sites for hydroxylation is 2. The Kier molecular flexibility index (Phi) is 4.70. The smallest absolute Gasteiger partial charge is 0.311 e. The summed E-state index contributed by atoms with van der Waals surface area (Å²) >= 11 is 0. The molecule has 1 aliphatic heterocycles. The summed E-state index contributed by atoms with van der Waals surface area (Å²) in [4.78, 5) is 28.3. The quantitative estimate of drug-likeness (QED) is 0.866. The number of nitrogens with one attached hydrogen (secondary N) is 1. The molecule has 2 aromatic rings. The molecule has 1 aliphatic rings. The van der Waals surface area contributed by atoms with Gasteiger partial charge in [-0.1, -0.05) is 12.1 Å². The van der Waals surface area contributed by atoms with Gasteiger partial charge in [-0.15, -0.1) is 0 Å². The summed E-state index contributed by atoms with van der Waals surface area (Å²) in [6.07, 6.45) is 0.0635. The molecule has 2 heterocycles. The molecule has 25 heavy (non-hydrogen) atoms. The van der Waals surface area contributed by atoms with Crippen molar-refractivity contribution in [3.63, 3.8) is 0 Å². The lowest BCUT2D eigenvalue weighted by Gasteiger charge is -2.11. The van der Waals surface area contributed by atoms with Crippen LogP contribution in [0.2, 0.25) is 0 Å². The number of nitrogens with zero attached hydrogens (tertiary/aromatic N) is 1. The monoisotopic (exact) mass is 340 g/mol. The second kappa shape index (κ2) is 6.93. The normalized spacial score (nSPS) is 15.2. The number of hydrogen-bond donors (Lipinski definition) is 1. The summed E-state index contributed by atoms with van der Waals surface area (Å²) < 4.78 is 10.3. The molecular formula is C19H20N2O4. The van der Waals surface area contributed by atoms with Gasteiger partial charge in [-0.2, -0.15) is 0 Å². The number of amides is 1. The van der Waals surface area contributed by atoms with Crippen LogP contribution in [0.5, 0.6) is 5.75 Å². The van der Waals surface area contributed by atoms with Crippen LogP contribution in [-0.2, 0) is 20.7 Å². The molecule has 1 N–H and O–H groups in total. The predicted molar refractivity (Wildman–Crippen MR) is 92.7 cm³/mol. The molecule has 1 atom stereocenters. The van der Waals surface area contributed by atoms with Gasteiger partial charge >= 0.3 is 5.97 Å². The lowest BCUT2D eigenvalue weighted by Crippen LogP contribution is -2.23. The van der Waals surface area contributed by atoms with Gasteiger partial charge in [0.2, 0.25) is 5.91 Å². The highest BCUT2D eigenvalue weighted by molar-refractivity contribution is 5.96. The van der Waals surface area contributed by atoms with E-state index in [9.17, 15) is 9.59 Å². The molecule has 0 fully saturated rings. The van der Waals surface area contributed by atoms with Crippen molar-refractivity contribution in [2.45, 2.75) is 26.2 Å². The third-order valence-electron chi connectivity index (χ3n) is 4.33. The molecule has 6 heteroatoms. The SMILES string of the molecule is COC(=O)Cc1cccc(NC(=O)[C@@H]2COc3cc(C)c(C)cc32)n1. The Balaban J connectivity index is 1.75. The first kappa shape index (κ1) is 17.0. The molecule has 0 bridgehead atoms. The van der Waals surface area contributed by atoms with E-state index in [1.54, 1.807) is 18.2 Å². The van der Waals surface area contributed by atoms with Crippen LogP contribution in [0.4, 0.5) is 5.82 Å². The van der Waals surface area contributed by atoms with Crippen molar-refractivity contribution >= 4 is 17.7 Å². The molecule has 6 nitrogen and oxygen atoms in total. The van der Waals surface area contributed by atoms with E-state index in [0.717, 1.165) is 22.4 Å². The van der Waals surface area contributed by atoms with Gasteiger partial charge in [0.1, 0.15) is 24.1 Å². The van der Waals surface area contributed by atoms with Crippen molar-refractivity contribution in [1.29, 1.82) is 0 Å². The summed E-state index contributed by atoms with van der Waals surface area (Å²) in [5.74, 6) is 0.240. The number of hydrogen-bond acceptors (Lipinski definition) is 5. The average molecular weight is 340 g/mol. The molecule has 1 amide bonds. The Morgan fingerprint density at radius 1 is 1.28 bits per heavy atom. The molecule has 3 rings (SSSR count). The first-order valence-corrected chi connectivity index (χ1v) is 8.05. The third kappa shape index (κ3) is 3.63. The summed E-state index contributed by atoms with van der Waals surface area (Å²) in [5.41, 5.74) is 3.70. The Hall–Kier alpha value is -2.89. The van der Waals surface area contributed by atoms with Crippen molar-refractivity contribution < 1.29 is 19.1 Å². The van der Waals surface area contributed by atoms with Crippen molar-refractivity contribution in [2.24, 2.45) is 0 Å². The number of fused-ring (bicyclic) bond motifs is 1. The van der Waals surface area contributed by atoms with Crippen LogP contribution in [0, 0.1) is 13.8 Å². The van der Waals surface area contributed by atoms with Crippen LogP contribution >= 0.6 is 0 Å². The molecule has 1 aromatic heterocycles. The van der Waals surface area contributed by atoms with E-state index < -0.39 is 0 Å². The van der Waals surface area contributed by atoms with E-state index in [2.05, 4.69) is 15.0 Å². The lowest BCUT2D eigenvalue weighted by molar-refractivity contribution is -0.139. The second-order valence-corrected chi connectivity index (χ2v) is 6.09. The maximum atomic E-state index is 12.6. The molecule has 0 aliphatic carbocycles. The van der Waals surface area contributed by atoms with Gasteiger partial charge < -0.3 is 14.8 Å². The summed E-state index contributed by atoms with van der Waals surface area (Å²) in [5, 5.41) is 2.81. The van der Waals surface area contributed by atoms with E-state index in [4.69, 9.17) is 4.74 Å². The van der Waals surface area contributed by atoms with Crippen LogP contribution < -0.4 is 10.1 Å². The van der Waals surface area contributed by atoms with Gasteiger partial charge in [0.15, 0.2) is 0 Å². The molecule has 0 radical (unpaired) electrons. The van der Waals surface area contributed by atoms with E-state index in [1.165, 1.54) is 7.11 Å². The van der Waals surface area contributed by atoms with Crippen molar-refractivity contribution in [2.75, 3.05) is 19.0 Å². The van der Waals surface area contributed by atoms with Crippen molar-refractivity contribution in [3.8, 4) is 5.75 Å². The molecule has 0 saturated carbocycles. The van der Waals surface area contributed by atoms with Crippen LogP contribution in [0.1, 0.15) is 28.3 Å². The van der Waals surface area contributed by atoms with E-state index >= 15 is 0 Å². The zero-order valence-electron chi connectivity index (χ0n) is 14.5. The van der Waals surface area contributed by atoms with Crippen LogP contribution in [0.3, 0.4) is 0 Å². The van der Waals surface area contributed by atoms with Gasteiger partial charge in [-0.3, -0.25) is 9.59 Å². The molecule has 0 unspecified atom stereocenters. The van der Waals surface area contributed by atoms with Gasteiger partial charge in [0.25, 0.3) is 0 Å². The largest absolute Gasteiger partial charge is 0.492 e. The first-order chi connectivity index (χ1) is 12.0. The second-order valence-electron chi connectivity index (χ2n) is 6.09. The minimum absolute atomic E-state index is 0.0635. The fourth-order valence-corrected chi connectivity index (χ4v) is 2.77. The van der Waals surface area contributed by atoms with Crippen LogP contribution in [0.15, 0.2) is 30.3 Å². The number of anilines is 1. The third-order valence-corrected chi connectivity index (χ3v) is 4.33. The minimum Gasteiger partial charge on any atom is -0.492 e.